The van der Waals surface area contributed by atoms with Crippen LogP contribution in [0, 0.1) is 5.92 Å². The Hall–Kier alpha value is 0.660. The minimum atomic E-state index is 0.510. The third kappa shape index (κ3) is 8.01. The van der Waals surface area contributed by atoms with E-state index in [4.69, 9.17) is 5.73 Å². The summed E-state index contributed by atoms with van der Waals surface area (Å²) in [5.41, 5.74) is 5.74. The topological polar surface area (TPSA) is 26.0 Å². The fourth-order valence-electron chi connectivity index (χ4n) is 1.34. The van der Waals surface area contributed by atoms with Crippen molar-refractivity contribution in [1.29, 1.82) is 0 Å². The van der Waals surface area contributed by atoms with Gasteiger partial charge in [0.2, 0.25) is 0 Å². The Morgan fingerprint density at radius 2 is 1.93 bits per heavy atom. The SMILES string of the molecule is CCCCC(CN)CSC(S)CCC. The van der Waals surface area contributed by atoms with Gasteiger partial charge in [-0.1, -0.05) is 33.1 Å². The second-order valence-electron chi connectivity index (χ2n) is 3.82. The highest BCUT2D eigenvalue weighted by atomic mass is 32.2. The molecule has 0 aromatic heterocycles. The average molecular weight is 235 g/mol. The van der Waals surface area contributed by atoms with E-state index in [9.17, 15) is 0 Å². The summed E-state index contributed by atoms with van der Waals surface area (Å²) in [5, 5.41) is 0. The zero-order chi connectivity index (χ0) is 10.8. The fourth-order valence-corrected chi connectivity index (χ4v) is 3.06. The van der Waals surface area contributed by atoms with E-state index in [1.807, 2.05) is 11.8 Å². The molecule has 0 rings (SSSR count). The van der Waals surface area contributed by atoms with Crippen LogP contribution in [0.5, 0.6) is 0 Å². The molecule has 0 aliphatic carbocycles. The summed E-state index contributed by atoms with van der Waals surface area (Å²) in [6, 6.07) is 0. The van der Waals surface area contributed by atoms with E-state index >= 15 is 0 Å². The third-order valence-corrected chi connectivity index (χ3v) is 4.35. The normalized spacial score (nSPS) is 15.4. The lowest BCUT2D eigenvalue weighted by atomic mass is 10.1. The van der Waals surface area contributed by atoms with Crippen molar-refractivity contribution in [2.45, 2.75) is 50.5 Å². The van der Waals surface area contributed by atoms with Crippen molar-refractivity contribution in [3.63, 3.8) is 0 Å². The van der Waals surface area contributed by atoms with E-state index in [0.29, 0.717) is 10.5 Å². The highest BCUT2D eigenvalue weighted by molar-refractivity contribution is 8.10. The molecule has 14 heavy (non-hydrogen) atoms. The number of thiol groups is 1. The van der Waals surface area contributed by atoms with Gasteiger partial charge in [-0.2, -0.15) is 12.6 Å². The lowest BCUT2D eigenvalue weighted by Crippen LogP contribution is -2.17. The van der Waals surface area contributed by atoms with Crippen LogP contribution in [-0.4, -0.2) is 16.9 Å². The highest BCUT2D eigenvalue weighted by Gasteiger charge is 2.09. The lowest BCUT2D eigenvalue weighted by molar-refractivity contribution is 0.523. The van der Waals surface area contributed by atoms with Gasteiger partial charge in [-0.05, 0) is 31.1 Å². The smallest absolute Gasteiger partial charge is 0.0472 e. The molecule has 0 bridgehead atoms. The van der Waals surface area contributed by atoms with Gasteiger partial charge < -0.3 is 5.73 Å². The van der Waals surface area contributed by atoms with Crippen LogP contribution >= 0.6 is 24.4 Å². The second kappa shape index (κ2) is 10.2. The Morgan fingerprint density at radius 3 is 2.43 bits per heavy atom. The van der Waals surface area contributed by atoms with Crippen LogP contribution in [0.1, 0.15) is 46.0 Å². The van der Waals surface area contributed by atoms with Gasteiger partial charge in [-0.3, -0.25) is 0 Å². The van der Waals surface area contributed by atoms with Gasteiger partial charge in [0.05, 0.1) is 0 Å². The molecule has 0 aromatic carbocycles. The molecule has 3 heteroatoms. The summed E-state index contributed by atoms with van der Waals surface area (Å²) in [5.74, 6) is 1.89. The maximum atomic E-state index is 5.74. The van der Waals surface area contributed by atoms with Crippen molar-refractivity contribution in [3.8, 4) is 0 Å². The van der Waals surface area contributed by atoms with Gasteiger partial charge >= 0.3 is 0 Å². The molecular weight excluding hydrogens is 210 g/mol. The van der Waals surface area contributed by atoms with E-state index in [-0.39, 0.29) is 0 Å². The highest BCUT2D eigenvalue weighted by Crippen LogP contribution is 2.23. The molecule has 0 fully saturated rings. The molecule has 0 aromatic rings. The predicted octanol–water partition coefficient (Wildman–Crippen LogP) is 3.54. The Kier molecular flexibility index (Phi) is 10.7. The Balaban J connectivity index is 3.50. The summed E-state index contributed by atoms with van der Waals surface area (Å²) < 4.78 is 0.510. The number of rotatable bonds is 9. The maximum Gasteiger partial charge on any atom is 0.0472 e. The van der Waals surface area contributed by atoms with E-state index < -0.39 is 0 Å². The van der Waals surface area contributed by atoms with Crippen LogP contribution in [0.2, 0.25) is 0 Å². The second-order valence-corrected chi connectivity index (χ2v) is 6.03. The Labute approximate surface area is 99.0 Å². The molecule has 2 atom stereocenters. The largest absolute Gasteiger partial charge is 0.330 e. The number of thioether (sulfide) groups is 1. The monoisotopic (exact) mass is 235 g/mol. The molecule has 0 aliphatic rings. The van der Waals surface area contributed by atoms with E-state index in [2.05, 4.69) is 26.5 Å². The molecule has 2 unspecified atom stereocenters. The van der Waals surface area contributed by atoms with Crippen LogP contribution in [0.3, 0.4) is 0 Å². The molecule has 0 saturated heterocycles. The van der Waals surface area contributed by atoms with Crippen LogP contribution in [-0.2, 0) is 0 Å². The molecule has 0 saturated carbocycles. The number of unbranched alkanes of at least 4 members (excludes halogenated alkanes) is 1. The molecule has 0 aliphatic heterocycles. The molecule has 0 heterocycles. The molecule has 0 radical (unpaired) electrons. The van der Waals surface area contributed by atoms with Crippen LogP contribution in [0.25, 0.3) is 0 Å². The minimum Gasteiger partial charge on any atom is -0.330 e. The van der Waals surface area contributed by atoms with E-state index in [1.54, 1.807) is 0 Å². The summed E-state index contributed by atoms with van der Waals surface area (Å²) in [7, 11) is 0. The van der Waals surface area contributed by atoms with E-state index in [0.717, 1.165) is 6.54 Å². The third-order valence-electron chi connectivity index (χ3n) is 2.36. The summed E-state index contributed by atoms with van der Waals surface area (Å²) in [6.07, 6.45) is 6.31. The number of hydrogen-bond donors (Lipinski definition) is 2. The first-order chi connectivity index (χ1) is 6.74. The molecule has 0 amide bonds. The Bertz CT molecular complexity index is 120. The predicted molar refractivity (Wildman–Crippen MR) is 72.2 cm³/mol. The number of nitrogens with two attached hydrogens (primary N) is 1. The van der Waals surface area contributed by atoms with Gasteiger partial charge in [-0.15, -0.1) is 11.8 Å². The van der Waals surface area contributed by atoms with Gasteiger partial charge in [0, 0.05) is 4.58 Å². The van der Waals surface area contributed by atoms with Crippen molar-refractivity contribution in [1.82, 2.24) is 0 Å². The van der Waals surface area contributed by atoms with Crippen molar-refractivity contribution >= 4 is 24.4 Å². The maximum absolute atomic E-state index is 5.74. The van der Waals surface area contributed by atoms with Crippen LogP contribution in [0.4, 0.5) is 0 Å². The first kappa shape index (κ1) is 14.7. The van der Waals surface area contributed by atoms with Gasteiger partial charge in [0.15, 0.2) is 0 Å². The van der Waals surface area contributed by atoms with E-state index in [1.165, 1.54) is 37.9 Å². The quantitative estimate of drug-likeness (QED) is 0.472. The minimum absolute atomic E-state index is 0.510. The van der Waals surface area contributed by atoms with Gasteiger partial charge in [0.25, 0.3) is 0 Å². The zero-order valence-electron chi connectivity index (χ0n) is 9.54. The average Bonchev–Trinajstić information content (AvgIpc) is 2.19. The van der Waals surface area contributed by atoms with Crippen LogP contribution in [0.15, 0.2) is 0 Å². The first-order valence-electron chi connectivity index (χ1n) is 5.74. The summed E-state index contributed by atoms with van der Waals surface area (Å²) in [6.45, 7) is 5.28. The van der Waals surface area contributed by atoms with Crippen molar-refractivity contribution < 1.29 is 0 Å². The van der Waals surface area contributed by atoms with Crippen molar-refractivity contribution in [2.75, 3.05) is 12.3 Å². The molecular formula is C11H25NS2. The molecule has 0 spiro atoms. The molecule has 1 nitrogen and oxygen atoms in total. The van der Waals surface area contributed by atoms with Crippen molar-refractivity contribution in [2.24, 2.45) is 11.7 Å². The van der Waals surface area contributed by atoms with Gasteiger partial charge in [0.1, 0.15) is 0 Å². The fraction of sp³-hybridized carbons (Fsp3) is 1.00. The Morgan fingerprint density at radius 1 is 1.21 bits per heavy atom. The first-order valence-corrected chi connectivity index (χ1v) is 7.30. The van der Waals surface area contributed by atoms with Crippen LogP contribution < -0.4 is 5.73 Å². The zero-order valence-corrected chi connectivity index (χ0v) is 11.2. The molecule has 86 valence electrons. The lowest BCUT2D eigenvalue weighted by Gasteiger charge is -2.16. The summed E-state index contributed by atoms with van der Waals surface area (Å²) >= 11 is 6.51. The standard InChI is InChI=1S/C11H25NS2/c1-3-5-7-10(8-12)9-14-11(13)6-4-2/h10-11,13H,3-9,12H2,1-2H3. The molecule has 2 N–H and O–H groups in total. The van der Waals surface area contributed by atoms with Gasteiger partial charge in [-0.25, -0.2) is 0 Å². The van der Waals surface area contributed by atoms with Crippen molar-refractivity contribution in [3.05, 3.63) is 0 Å². The number of hydrogen-bond acceptors (Lipinski definition) is 3. The summed E-state index contributed by atoms with van der Waals surface area (Å²) in [4.78, 5) is 0.